The van der Waals surface area contributed by atoms with Gasteiger partial charge in [0, 0.05) is 6.54 Å². The normalized spacial score (nSPS) is 15.2. The number of halogens is 1. The lowest BCUT2D eigenvalue weighted by molar-refractivity contribution is 0.177. The van der Waals surface area contributed by atoms with Crippen LogP contribution in [0.3, 0.4) is 0 Å². The molecule has 0 N–H and O–H groups in total. The molecule has 1 nitrogen and oxygen atoms in total. The number of hydrogen-bond donors (Lipinski definition) is 0. The first-order valence-electron chi connectivity index (χ1n) is 10.2. The summed E-state index contributed by atoms with van der Waals surface area (Å²) in [6.45, 7) is 5.78. The van der Waals surface area contributed by atoms with Crippen LogP contribution in [0.5, 0.6) is 0 Å². The third-order valence-electron chi connectivity index (χ3n) is 6.00. The molecular formula is C26H30ClN. The molecular weight excluding hydrogens is 362 g/mol. The van der Waals surface area contributed by atoms with Gasteiger partial charge < -0.3 is 0 Å². The van der Waals surface area contributed by atoms with Crippen molar-refractivity contribution in [3.05, 3.63) is 95.6 Å². The average Bonchev–Trinajstić information content (AvgIpc) is 2.72. The molecule has 0 atom stereocenters. The maximum atomic E-state index is 2.64. The van der Waals surface area contributed by atoms with Gasteiger partial charge in [-0.05, 0) is 73.0 Å². The third-order valence-corrected chi connectivity index (χ3v) is 6.00. The number of hydrogen-bond acceptors (Lipinski definition) is 1. The van der Waals surface area contributed by atoms with Crippen LogP contribution in [0.15, 0.2) is 78.9 Å². The predicted molar refractivity (Wildman–Crippen MR) is 122 cm³/mol. The van der Waals surface area contributed by atoms with E-state index in [9.17, 15) is 0 Å². The van der Waals surface area contributed by atoms with Gasteiger partial charge in [-0.2, -0.15) is 0 Å². The van der Waals surface area contributed by atoms with Crippen molar-refractivity contribution in [2.24, 2.45) is 5.92 Å². The highest BCUT2D eigenvalue weighted by molar-refractivity contribution is 5.85. The van der Waals surface area contributed by atoms with E-state index in [0.29, 0.717) is 0 Å². The molecule has 0 saturated carbocycles. The average molecular weight is 392 g/mol. The fourth-order valence-corrected chi connectivity index (χ4v) is 4.32. The van der Waals surface area contributed by atoms with Crippen LogP contribution in [0.4, 0.5) is 0 Å². The van der Waals surface area contributed by atoms with Gasteiger partial charge in [-0.3, -0.25) is 4.90 Å². The Kier molecular flexibility index (Phi) is 7.30. The molecule has 1 aliphatic rings. The molecule has 0 bridgehead atoms. The Balaban J connectivity index is 0.00000225. The van der Waals surface area contributed by atoms with E-state index in [1.807, 2.05) is 0 Å². The summed E-state index contributed by atoms with van der Waals surface area (Å²) in [7, 11) is 0. The molecule has 0 aromatic heterocycles. The highest BCUT2D eigenvalue weighted by Crippen LogP contribution is 2.28. The van der Waals surface area contributed by atoms with Crippen LogP contribution >= 0.6 is 12.4 Å². The minimum Gasteiger partial charge on any atom is -0.299 e. The zero-order chi connectivity index (χ0) is 18.5. The number of nitrogens with zero attached hydrogens (tertiary/aromatic N) is 1. The first-order valence-corrected chi connectivity index (χ1v) is 10.2. The first kappa shape index (κ1) is 20.6. The van der Waals surface area contributed by atoms with E-state index >= 15 is 0 Å². The summed E-state index contributed by atoms with van der Waals surface area (Å²) >= 11 is 0. The van der Waals surface area contributed by atoms with Crippen molar-refractivity contribution in [2.45, 2.75) is 32.7 Å². The molecule has 0 amide bonds. The second-order valence-electron chi connectivity index (χ2n) is 7.86. The zero-order valence-electron chi connectivity index (χ0n) is 16.7. The smallest absolute Gasteiger partial charge is 0.0236 e. The summed E-state index contributed by atoms with van der Waals surface area (Å²) in [4.78, 5) is 2.64. The van der Waals surface area contributed by atoms with E-state index in [1.54, 1.807) is 0 Å². The summed E-state index contributed by atoms with van der Waals surface area (Å²) in [5.41, 5.74) is 7.07. The number of rotatable bonds is 5. The maximum Gasteiger partial charge on any atom is 0.0236 e. The van der Waals surface area contributed by atoms with Crippen molar-refractivity contribution in [1.82, 2.24) is 4.90 Å². The van der Waals surface area contributed by atoms with Crippen LogP contribution in [0.25, 0.3) is 11.1 Å². The van der Waals surface area contributed by atoms with E-state index in [1.165, 1.54) is 60.2 Å². The minimum absolute atomic E-state index is 0. The number of benzene rings is 3. The van der Waals surface area contributed by atoms with Crippen molar-refractivity contribution in [3.8, 4) is 11.1 Å². The van der Waals surface area contributed by atoms with Crippen LogP contribution in [0.1, 0.15) is 29.5 Å². The Morgan fingerprint density at radius 3 is 2.11 bits per heavy atom. The molecule has 0 radical (unpaired) electrons. The lowest BCUT2D eigenvalue weighted by atomic mass is 9.89. The second kappa shape index (κ2) is 9.91. The molecule has 1 heterocycles. The van der Waals surface area contributed by atoms with Crippen molar-refractivity contribution >= 4 is 12.4 Å². The summed E-state index contributed by atoms with van der Waals surface area (Å²) in [6, 6.07) is 28.5. The van der Waals surface area contributed by atoms with Gasteiger partial charge in [0.2, 0.25) is 0 Å². The van der Waals surface area contributed by atoms with E-state index < -0.39 is 0 Å². The molecule has 0 aliphatic carbocycles. The van der Waals surface area contributed by atoms with Crippen molar-refractivity contribution in [3.63, 3.8) is 0 Å². The highest BCUT2D eigenvalue weighted by Gasteiger charge is 2.20. The Bertz CT molecular complexity index is 852. The quantitative estimate of drug-likeness (QED) is 0.477. The van der Waals surface area contributed by atoms with Crippen molar-refractivity contribution in [1.29, 1.82) is 0 Å². The highest BCUT2D eigenvalue weighted by atomic mass is 35.5. The van der Waals surface area contributed by atoms with Gasteiger partial charge in [0.1, 0.15) is 0 Å². The molecule has 1 fully saturated rings. The molecule has 1 aliphatic heterocycles. The van der Waals surface area contributed by atoms with E-state index in [4.69, 9.17) is 0 Å². The zero-order valence-corrected chi connectivity index (χ0v) is 17.5. The minimum atomic E-state index is 0. The van der Waals surface area contributed by atoms with Crippen LogP contribution < -0.4 is 0 Å². The van der Waals surface area contributed by atoms with Gasteiger partial charge in [0.15, 0.2) is 0 Å². The molecule has 0 unspecified atom stereocenters. The van der Waals surface area contributed by atoms with Gasteiger partial charge in [0.05, 0.1) is 0 Å². The summed E-state index contributed by atoms with van der Waals surface area (Å²) in [5, 5.41) is 0. The van der Waals surface area contributed by atoms with Crippen LogP contribution in [-0.4, -0.2) is 18.0 Å². The number of piperidine rings is 1. The molecule has 146 valence electrons. The molecule has 3 aromatic rings. The summed E-state index contributed by atoms with van der Waals surface area (Å²) in [6.07, 6.45) is 3.86. The largest absolute Gasteiger partial charge is 0.299 e. The van der Waals surface area contributed by atoms with Crippen LogP contribution in [0.2, 0.25) is 0 Å². The van der Waals surface area contributed by atoms with Crippen LogP contribution in [0, 0.1) is 12.8 Å². The summed E-state index contributed by atoms with van der Waals surface area (Å²) in [5.74, 6) is 0.834. The molecule has 1 saturated heterocycles. The molecule has 0 spiro atoms. The van der Waals surface area contributed by atoms with Crippen molar-refractivity contribution in [2.75, 3.05) is 13.1 Å². The van der Waals surface area contributed by atoms with E-state index in [2.05, 4.69) is 90.7 Å². The second-order valence-corrected chi connectivity index (χ2v) is 7.86. The molecule has 2 heteroatoms. The Hall–Kier alpha value is -2.09. The van der Waals surface area contributed by atoms with Gasteiger partial charge in [-0.15, -0.1) is 12.4 Å². The Morgan fingerprint density at radius 2 is 1.43 bits per heavy atom. The molecule has 4 rings (SSSR count). The molecule has 3 aromatic carbocycles. The fraction of sp³-hybridized carbons (Fsp3) is 0.308. The first-order chi connectivity index (χ1) is 13.3. The SMILES string of the molecule is Cc1c(CN2CCC(Cc3ccccc3)CC2)cccc1-c1ccccc1.Cl. The van der Waals surface area contributed by atoms with Gasteiger partial charge in [0.25, 0.3) is 0 Å². The fourth-order valence-electron chi connectivity index (χ4n) is 4.32. The van der Waals surface area contributed by atoms with Crippen molar-refractivity contribution < 1.29 is 0 Å². The van der Waals surface area contributed by atoms with Gasteiger partial charge in [-0.25, -0.2) is 0 Å². The lowest BCUT2D eigenvalue weighted by Crippen LogP contribution is -2.34. The van der Waals surface area contributed by atoms with Gasteiger partial charge >= 0.3 is 0 Å². The monoisotopic (exact) mass is 391 g/mol. The lowest BCUT2D eigenvalue weighted by Gasteiger charge is -2.32. The van der Waals surface area contributed by atoms with Crippen LogP contribution in [-0.2, 0) is 13.0 Å². The summed E-state index contributed by atoms with van der Waals surface area (Å²) < 4.78 is 0. The standard InChI is InChI=1S/C26H29N.ClH/c1-21-25(13-8-14-26(21)24-11-6-3-7-12-24)20-27-17-15-23(16-18-27)19-22-9-4-2-5-10-22;/h2-14,23H,15-20H2,1H3;1H. The predicted octanol–water partition coefficient (Wildman–Crippen LogP) is 6.54. The third kappa shape index (κ3) is 5.04. The van der Waals surface area contributed by atoms with Gasteiger partial charge in [-0.1, -0.05) is 78.9 Å². The topological polar surface area (TPSA) is 3.24 Å². The maximum absolute atomic E-state index is 2.64. The van der Waals surface area contributed by atoms with E-state index in [0.717, 1.165) is 12.5 Å². The Morgan fingerprint density at radius 1 is 0.786 bits per heavy atom. The Labute approximate surface area is 175 Å². The number of likely N-dealkylation sites (tertiary alicyclic amines) is 1. The van der Waals surface area contributed by atoms with E-state index in [-0.39, 0.29) is 12.4 Å². The molecule has 28 heavy (non-hydrogen) atoms.